The Morgan fingerprint density at radius 2 is 1.26 bits per heavy atom. The van der Waals surface area contributed by atoms with E-state index in [-0.39, 0.29) is 18.5 Å². The Kier molecular flexibility index (Phi) is 10.4. The van der Waals surface area contributed by atoms with Gasteiger partial charge in [0.2, 0.25) is 0 Å². The van der Waals surface area contributed by atoms with Gasteiger partial charge in [-0.15, -0.1) is 0 Å². The van der Waals surface area contributed by atoms with Crippen molar-refractivity contribution in [3.8, 4) is 11.5 Å². The number of aliphatic hydroxyl groups excluding tert-OH is 1. The lowest BCUT2D eigenvalue weighted by Gasteiger charge is -2.08. The smallest absolute Gasteiger partial charge is 0.308 e. The number of pyridine rings is 2. The molecule has 6 rings (SSSR count). The molecule has 0 bridgehead atoms. The van der Waals surface area contributed by atoms with Crippen LogP contribution < -0.4 is 9.47 Å². The lowest BCUT2D eigenvalue weighted by atomic mass is 10.1. The van der Waals surface area contributed by atoms with Crippen LogP contribution >= 0.6 is 0 Å². The number of hydrogen-bond acceptors (Lipinski definition) is 7. The number of ether oxygens (including phenoxy) is 3. The first kappa shape index (κ1) is 30.2. The quantitative estimate of drug-likeness (QED) is 0.186. The van der Waals surface area contributed by atoms with Gasteiger partial charge in [0.15, 0.2) is 0 Å². The second-order valence-electron chi connectivity index (χ2n) is 11.6. The highest BCUT2D eigenvalue weighted by Crippen LogP contribution is 2.48. The maximum absolute atomic E-state index is 11.5. The molecule has 224 valence electrons. The average molecular weight is 581 g/mol. The van der Waals surface area contributed by atoms with Crippen molar-refractivity contribution in [1.82, 2.24) is 9.97 Å². The molecule has 7 nitrogen and oxygen atoms in total. The van der Waals surface area contributed by atoms with E-state index in [0.717, 1.165) is 41.0 Å². The van der Waals surface area contributed by atoms with Gasteiger partial charge in [-0.25, -0.2) is 0 Å². The van der Waals surface area contributed by atoms with Crippen LogP contribution in [0, 0.1) is 17.8 Å². The standard InChI is InChI=1S/C20H23NO3.C16H17NO2/c1-14(2)20(22)24-13-17-9-19(17)16-8-18(11-21-10-16)23-12-15-6-4-3-5-7-15;18-10-14-7-16(14)13-6-15(9-17-8-13)19-11-12-4-2-1-3-5-12/h3-8,10-11,14,17,19H,9,12-13H2,1-2H3;1-6,8-9,14,16,18H,7,10-11H2/t17-,19-;14-,16-/m11/s1. The van der Waals surface area contributed by atoms with Crippen LogP contribution in [0.25, 0.3) is 0 Å². The molecule has 0 unspecified atom stereocenters. The van der Waals surface area contributed by atoms with Crippen LogP contribution in [0.1, 0.15) is 60.8 Å². The van der Waals surface area contributed by atoms with Crippen molar-refractivity contribution in [3.05, 3.63) is 120 Å². The monoisotopic (exact) mass is 580 g/mol. The molecule has 2 aromatic carbocycles. The molecule has 0 amide bonds. The first-order chi connectivity index (χ1) is 21.0. The van der Waals surface area contributed by atoms with Crippen LogP contribution in [-0.2, 0) is 22.7 Å². The van der Waals surface area contributed by atoms with Crippen molar-refractivity contribution in [2.75, 3.05) is 13.2 Å². The molecule has 7 heteroatoms. The summed E-state index contributed by atoms with van der Waals surface area (Å²) in [5.74, 6) is 3.06. The second-order valence-corrected chi connectivity index (χ2v) is 11.6. The van der Waals surface area contributed by atoms with Crippen molar-refractivity contribution < 1.29 is 24.1 Å². The Morgan fingerprint density at radius 1 is 0.767 bits per heavy atom. The summed E-state index contributed by atoms with van der Waals surface area (Å²) < 4.78 is 16.9. The molecule has 2 aromatic heterocycles. The molecule has 0 aliphatic heterocycles. The zero-order chi connectivity index (χ0) is 30.0. The summed E-state index contributed by atoms with van der Waals surface area (Å²) in [4.78, 5) is 20.0. The van der Waals surface area contributed by atoms with Gasteiger partial charge in [-0.05, 0) is 65.0 Å². The summed E-state index contributed by atoms with van der Waals surface area (Å²) in [6, 6.07) is 24.2. The predicted octanol–water partition coefficient (Wildman–Crippen LogP) is 6.72. The van der Waals surface area contributed by atoms with Crippen LogP contribution in [0.2, 0.25) is 0 Å². The molecular weight excluding hydrogens is 540 g/mol. The number of esters is 1. The van der Waals surface area contributed by atoms with E-state index in [9.17, 15) is 4.79 Å². The number of carbonyl (C=O) groups is 1. The highest BCUT2D eigenvalue weighted by atomic mass is 16.5. The van der Waals surface area contributed by atoms with Crippen molar-refractivity contribution in [2.24, 2.45) is 17.8 Å². The second kappa shape index (κ2) is 14.8. The number of benzene rings is 2. The molecule has 43 heavy (non-hydrogen) atoms. The Morgan fingerprint density at radius 3 is 1.72 bits per heavy atom. The first-order valence-corrected chi connectivity index (χ1v) is 15.0. The molecule has 2 fully saturated rings. The predicted molar refractivity (Wildman–Crippen MR) is 165 cm³/mol. The molecule has 0 radical (unpaired) electrons. The number of hydrogen-bond donors (Lipinski definition) is 1. The minimum Gasteiger partial charge on any atom is -0.487 e. The van der Waals surface area contributed by atoms with E-state index in [2.05, 4.69) is 9.97 Å². The molecule has 2 aliphatic rings. The third kappa shape index (κ3) is 9.13. The fourth-order valence-electron chi connectivity index (χ4n) is 4.97. The summed E-state index contributed by atoms with van der Waals surface area (Å²) in [7, 11) is 0. The van der Waals surface area contributed by atoms with Crippen LogP contribution in [0.5, 0.6) is 11.5 Å². The minimum atomic E-state index is -0.126. The van der Waals surface area contributed by atoms with E-state index in [0.29, 0.717) is 43.5 Å². The van der Waals surface area contributed by atoms with Crippen molar-refractivity contribution >= 4 is 5.97 Å². The van der Waals surface area contributed by atoms with E-state index in [1.807, 2.05) is 99.0 Å². The SMILES string of the molecule is CC(C)C(=O)OC[C@H]1C[C@@H]1c1cncc(OCc2ccccc2)c1.OC[C@H]1C[C@@H]1c1cncc(OCc2ccccc2)c1. The summed E-state index contributed by atoms with van der Waals surface area (Å²) in [6.45, 7) is 5.55. The molecule has 2 heterocycles. The Bertz CT molecular complexity index is 1450. The summed E-state index contributed by atoms with van der Waals surface area (Å²) in [5.41, 5.74) is 4.61. The van der Waals surface area contributed by atoms with Gasteiger partial charge < -0.3 is 19.3 Å². The molecular formula is C36H40N2O5. The Balaban J connectivity index is 0.000000176. The largest absolute Gasteiger partial charge is 0.487 e. The first-order valence-electron chi connectivity index (χ1n) is 15.0. The van der Waals surface area contributed by atoms with E-state index >= 15 is 0 Å². The summed E-state index contributed by atoms with van der Waals surface area (Å²) in [6.07, 6.45) is 9.32. The molecule has 4 atom stereocenters. The van der Waals surface area contributed by atoms with Gasteiger partial charge in [0.05, 0.1) is 24.9 Å². The number of nitrogens with zero attached hydrogens (tertiary/aromatic N) is 2. The summed E-state index contributed by atoms with van der Waals surface area (Å²) >= 11 is 0. The van der Waals surface area contributed by atoms with Gasteiger partial charge >= 0.3 is 5.97 Å². The highest BCUT2D eigenvalue weighted by molar-refractivity contribution is 5.71. The summed E-state index contributed by atoms with van der Waals surface area (Å²) in [5, 5.41) is 9.11. The normalized spacial score (nSPS) is 20.0. The van der Waals surface area contributed by atoms with Crippen LogP contribution in [0.4, 0.5) is 0 Å². The number of aliphatic hydroxyl groups is 1. The molecule has 2 saturated carbocycles. The van der Waals surface area contributed by atoms with Crippen LogP contribution in [0.3, 0.4) is 0 Å². The van der Waals surface area contributed by atoms with E-state index in [1.54, 1.807) is 12.4 Å². The van der Waals surface area contributed by atoms with E-state index in [4.69, 9.17) is 19.3 Å². The fourth-order valence-corrected chi connectivity index (χ4v) is 4.97. The molecule has 2 aliphatic carbocycles. The zero-order valence-electron chi connectivity index (χ0n) is 24.8. The van der Waals surface area contributed by atoms with Crippen molar-refractivity contribution in [1.29, 1.82) is 0 Å². The molecule has 1 N–H and O–H groups in total. The topological polar surface area (TPSA) is 90.8 Å². The van der Waals surface area contributed by atoms with Crippen molar-refractivity contribution in [3.63, 3.8) is 0 Å². The van der Waals surface area contributed by atoms with Crippen LogP contribution in [0.15, 0.2) is 97.6 Å². The zero-order valence-corrected chi connectivity index (χ0v) is 24.8. The average Bonchev–Trinajstić information content (AvgIpc) is 3.99. The molecule has 0 spiro atoms. The van der Waals surface area contributed by atoms with Crippen LogP contribution in [-0.4, -0.2) is 34.3 Å². The van der Waals surface area contributed by atoms with Crippen molar-refractivity contribution in [2.45, 2.75) is 51.7 Å². The molecule has 4 aromatic rings. The van der Waals surface area contributed by atoms with Gasteiger partial charge in [0.1, 0.15) is 24.7 Å². The van der Waals surface area contributed by atoms with E-state index < -0.39 is 0 Å². The third-order valence-corrected chi connectivity index (χ3v) is 7.81. The third-order valence-electron chi connectivity index (χ3n) is 7.81. The lowest BCUT2D eigenvalue weighted by Crippen LogP contribution is -2.13. The fraction of sp³-hybridized carbons (Fsp3) is 0.361. The van der Waals surface area contributed by atoms with Gasteiger partial charge in [-0.3, -0.25) is 14.8 Å². The van der Waals surface area contributed by atoms with Gasteiger partial charge in [0.25, 0.3) is 0 Å². The Labute approximate surface area is 253 Å². The number of aromatic nitrogens is 2. The number of rotatable bonds is 12. The minimum absolute atomic E-state index is 0.0708. The van der Waals surface area contributed by atoms with Gasteiger partial charge in [0, 0.05) is 24.9 Å². The Hall–Kier alpha value is -4.23. The molecule has 0 saturated heterocycles. The number of carbonyl (C=O) groups excluding carboxylic acids is 1. The van der Waals surface area contributed by atoms with Gasteiger partial charge in [-0.2, -0.15) is 0 Å². The van der Waals surface area contributed by atoms with Gasteiger partial charge in [-0.1, -0.05) is 74.5 Å². The maximum atomic E-state index is 11.5. The maximum Gasteiger partial charge on any atom is 0.308 e. The lowest BCUT2D eigenvalue weighted by molar-refractivity contribution is -0.147. The highest BCUT2D eigenvalue weighted by Gasteiger charge is 2.40. The van der Waals surface area contributed by atoms with E-state index in [1.165, 1.54) is 5.56 Å².